The Labute approximate surface area is 124 Å². The average Bonchev–Trinajstić information content (AvgIpc) is 3.26. The van der Waals surface area contributed by atoms with Gasteiger partial charge in [-0.25, -0.2) is 0 Å². The van der Waals surface area contributed by atoms with Gasteiger partial charge in [-0.1, -0.05) is 6.07 Å². The minimum absolute atomic E-state index is 0.219. The number of aryl methyl sites for hydroxylation is 2. The van der Waals surface area contributed by atoms with Crippen molar-refractivity contribution in [2.24, 2.45) is 13.0 Å². The van der Waals surface area contributed by atoms with E-state index in [-0.39, 0.29) is 11.8 Å². The monoisotopic (exact) mass is 284 g/mol. The van der Waals surface area contributed by atoms with Crippen LogP contribution in [0.25, 0.3) is 0 Å². The second-order valence-corrected chi connectivity index (χ2v) is 5.73. The minimum atomic E-state index is 0.219. The van der Waals surface area contributed by atoms with Crippen LogP contribution >= 0.6 is 0 Å². The van der Waals surface area contributed by atoms with E-state index in [4.69, 9.17) is 0 Å². The zero-order chi connectivity index (χ0) is 14.8. The Kier molecular flexibility index (Phi) is 3.73. The van der Waals surface area contributed by atoms with Crippen LogP contribution in [0.15, 0.2) is 30.6 Å². The molecule has 5 nitrogen and oxygen atoms in total. The zero-order valence-corrected chi connectivity index (χ0v) is 12.5. The molecule has 2 aromatic rings. The summed E-state index contributed by atoms with van der Waals surface area (Å²) in [5.74, 6) is 0.466. The fourth-order valence-corrected chi connectivity index (χ4v) is 2.52. The quantitative estimate of drug-likeness (QED) is 0.844. The van der Waals surface area contributed by atoms with Crippen molar-refractivity contribution in [1.29, 1.82) is 0 Å². The van der Waals surface area contributed by atoms with Crippen molar-refractivity contribution >= 4 is 5.91 Å². The van der Waals surface area contributed by atoms with Gasteiger partial charge >= 0.3 is 0 Å². The normalized spacial score (nSPS) is 14.2. The molecule has 0 saturated heterocycles. The van der Waals surface area contributed by atoms with Gasteiger partial charge < -0.3 is 4.90 Å². The number of carbonyl (C=O) groups is 1. The van der Waals surface area contributed by atoms with Gasteiger partial charge in [0.2, 0.25) is 5.91 Å². The second-order valence-electron chi connectivity index (χ2n) is 5.73. The van der Waals surface area contributed by atoms with Crippen molar-refractivity contribution in [3.63, 3.8) is 0 Å². The lowest BCUT2D eigenvalue weighted by molar-refractivity contribution is -0.133. The Hall–Kier alpha value is -2.17. The molecule has 0 N–H and O–H groups in total. The van der Waals surface area contributed by atoms with Crippen LogP contribution in [0.5, 0.6) is 0 Å². The molecule has 0 unspecified atom stereocenters. The van der Waals surface area contributed by atoms with Gasteiger partial charge in [-0.2, -0.15) is 5.10 Å². The highest BCUT2D eigenvalue weighted by Gasteiger charge is 2.33. The summed E-state index contributed by atoms with van der Waals surface area (Å²) in [6.07, 6.45) is 5.61. The lowest BCUT2D eigenvalue weighted by Crippen LogP contribution is -2.32. The molecule has 1 fully saturated rings. The summed E-state index contributed by atoms with van der Waals surface area (Å²) in [6.45, 7) is 3.17. The lowest BCUT2D eigenvalue weighted by atomic mass is 10.2. The molecule has 2 heterocycles. The molecule has 1 aliphatic rings. The molecule has 1 aliphatic carbocycles. The van der Waals surface area contributed by atoms with Crippen LogP contribution in [0.3, 0.4) is 0 Å². The molecule has 0 radical (unpaired) electrons. The van der Waals surface area contributed by atoms with Crippen molar-refractivity contribution < 1.29 is 4.79 Å². The molecule has 1 saturated carbocycles. The van der Waals surface area contributed by atoms with Crippen molar-refractivity contribution in [2.45, 2.75) is 32.9 Å². The first-order valence-corrected chi connectivity index (χ1v) is 7.30. The number of carbonyl (C=O) groups excluding carboxylic acids is 1. The Balaban J connectivity index is 1.78. The first-order valence-electron chi connectivity index (χ1n) is 7.30. The first kappa shape index (κ1) is 13.8. The van der Waals surface area contributed by atoms with E-state index in [1.54, 1.807) is 6.20 Å². The van der Waals surface area contributed by atoms with Gasteiger partial charge in [0.1, 0.15) is 0 Å². The summed E-state index contributed by atoms with van der Waals surface area (Å²) in [6, 6.07) is 5.95. The Morgan fingerprint density at radius 1 is 1.43 bits per heavy atom. The van der Waals surface area contributed by atoms with Crippen LogP contribution in [0.1, 0.15) is 29.8 Å². The van der Waals surface area contributed by atoms with Crippen molar-refractivity contribution in [2.75, 3.05) is 0 Å². The standard InChI is InChI=1S/C16H20N4O/c1-12-8-15(19(2)18-12)11-20(16(21)14-5-6-14)10-13-4-3-7-17-9-13/h3-4,7-9,14H,5-6,10-11H2,1-2H3. The number of nitrogens with zero attached hydrogens (tertiary/aromatic N) is 4. The molecular weight excluding hydrogens is 264 g/mol. The number of aromatic nitrogens is 3. The molecular formula is C16H20N4O. The van der Waals surface area contributed by atoms with Crippen LogP contribution in [-0.4, -0.2) is 25.6 Å². The van der Waals surface area contributed by atoms with E-state index in [2.05, 4.69) is 10.1 Å². The average molecular weight is 284 g/mol. The van der Waals surface area contributed by atoms with Gasteiger partial charge in [-0.15, -0.1) is 0 Å². The zero-order valence-electron chi connectivity index (χ0n) is 12.5. The van der Waals surface area contributed by atoms with Crippen LogP contribution in [0.4, 0.5) is 0 Å². The number of pyridine rings is 1. The first-order chi connectivity index (χ1) is 10.1. The largest absolute Gasteiger partial charge is 0.332 e. The predicted octanol–water partition coefficient (Wildman–Crippen LogP) is 2.06. The minimum Gasteiger partial charge on any atom is -0.332 e. The fraction of sp³-hybridized carbons (Fsp3) is 0.438. The highest BCUT2D eigenvalue weighted by atomic mass is 16.2. The fourth-order valence-electron chi connectivity index (χ4n) is 2.52. The summed E-state index contributed by atoms with van der Waals surface area (Å²) in [5, 5.41) is 4.36. The van der Waals surface area contributed by atoms with Crippen molar-refractivity contribution in [3.8, 4) is 0 Å². The van der Waals surface area contributed by atoms with E-state index in [1.165, 1.54) is 0 Å². The van der Waals surface area contributed by atoms with Crippen LogP contribution in [-0.2, 0) is 24.9 Å². The predicted molar refractivity (Wildman–Crippen MR) is 79.2 cm³/mol. The van der Waals surface area contributed by atoms with Crippen molar-refractivity contribution in [3.05, 3.63) is 47.5 Å². The SMILES string of the molecule is Cc1cc(CN(Cc2cccnc2)C(=O)C2CC2)n(C)n1. The summed E-state index contributed by atoms with van der Waals surface area (Å²) in [7, 11) is 1.92. The summed E-state index contributed by atoms with van der Waals surface area (Å²) >= 11 is 0. The summed E-state index contributed by atoms with van der Waals surface area (Å²) in [5.41, 5.74) is 3.10. The lowest BCUT2D eigenvalue weighted by Gasteiger charge is -2.22. The molecule has 0 aromatic carbocycles. The smallest absolute Gasteiger partial charge is 0.226 e. The molecule has 3 rings (SSSR count). The third kappa shape index (κ3) is 3.29. The molecule has 21 heavy (non-hydrogen) atoms. The maximum atomic E-state index is 12.5. The Morgan fingerprint density at radius 3 is 2.81 bits per heavy atom. The molecule has 0 spiro atoms. The topological polar surface area (TPSA) is 51.0 Å². The van der Waals surface area contributed by atoms with E-state index in [0.717, 1.165) is 29.8 Å². The van der Waals surface area contributed by atoms with E-state index >= 15 is 0 Å². The van der Waals surface area contributed by atoms with E-state index in [1.807, 2.05) is 47.9 Å². The van der Waals surface area contributed by atoms with E-state index in [0.29, 0.717) is 13.1 Å². The Morgan fingerprint density at radius 2 is 2.24 bits per heavy atom. The van der Waals surface area contributed by atoms with Gasteiger partial charge in [-0.05, 0) is 37.5 Å². The van der Waals surface area contributed by atoms with Crippen molar-refractivity contribution in [1.82, 2.24) is 19.7 Å². The van der Waals surface area contributed by atoms with Crippen LogP contribution < -0.4 is 0 Å². The molecule has 0 aliphatic heterocycles. The highest BCUT2D eigenvalue weighted by molar-refractivity contribution is 5.81. The van der Waals surface area contributed by atoms with Crippen LogP contribution in [0.2, 0.25) is 0 Å². The number of hydrogen-bond donors (Lipinski definition) is 0. The Bertz CT molecular complexity index is 631. The molecule has 1 amide bonds. The molecule has 0 atom stereocenters. The van der Waals surface area contributed by atoms with Gasteiger partial charge in [0, 0.05) is 31.9 Å². The third-order valence-electron chi connectivity index (χ3n) is 3.79. The second kappa shape index (κ2) is 5.68. The van der Waals surface area contributed by atoms with Gasteiger partial charge in [0.25, 0.3) is 0 Å². The van der Waals surface area contributed by atoms with Crippen LogP contribution in [0, 0.1) is 12.8 Å². The molecule has 0 bridgehead atoms. The molecule has 110 valence electrons. The number of amides is 1. The maximum Gasteiger partial charge on any atom is 0.226 e. The van der Waals surface area contributed by atoms with Gasteiger partial charge in [0.15, 0.2) is 0 Å². The van der Waals surface area contributed by atoms with Gasteiger partial charge in [0.05, 0.1) is 17.9 Å². The maximum absolute atomic E-state index is 12.5. The molecule has 2 aromatic heterocycles. The summed E-state index contributed by atoms with van der Waals surface area (Å²) < 4.78 is 1.85. The summed E-state index contributed by atoms with van der Waals surface area (Å²) in [4.78, 5) is 18.6. The van der Waals surface area contributed by atoms with E-state index in [9.17, 15) is 4.79 Å². The molecule has 5 heteroatoms. The number of hydrogen-bond acceptors (Lipinski definition) is 3. The highest BCUT2D eigenvalue weighted by Crippen LogP contribution is 2.32. The number of rotatable bonds is 5. The third-order valence-corrected chi connectivity index (χ3v) is 3.79. The van der Waals surface area contributed by atoms with E-state index < -0.39 is 0 Å². The van der Waals surface area contributed by atoms with Gasteiger partial charge in [-0.3, -0.25) is 14.5 Å².